The third-order valence-electron chi connectivity index (χ3n) is 3.12. The summed E-state index contributed by atoms with van der Waals surface area (Å²) in [6, 6.07) is 2.44. The first-order valence-electron chi connectivity index (χ1n) is 6.83. The van der Waals surface area contributed by atoms with Crippen LogP contribution in [0.4, 0.5) is 4.39 Å². The van der Waals surface area contributed by atoms with Crippen molar-refractivity contribution in [2.45, 2.75) is 27.1 Å². The number of aryl methyl sites for hydroxylation is 1. The zero-order valence-corrected chi connectivity index (χ0v) is 14.3. The van der Waals surface area contributed by atoms with Crippen molar-refractivity contribution in [1.29, 1.82) is 0 Å². The maximum absolute atomic E-state index is 14.3. The number of benzene rings is 1. The monoisotopic (exact) mass is 360 g/mol. The normalized spacial score (nSPS) is 12.3. The molecule has 1 aromatic heterocycles. The summed E-state index contributed by atoms with van der Waals surface area (Å²) in [6.07, 6.45) is -0.636. The van der Waals surface area contributed by atoms with Gasteiger partial charge in [0.15, 0.2) is 12.1 Å². The van der Waals surface area contributed by atoms with Crippen molar-refractivity contribution in [2.75, 3.05) is 6.61 Å². The van der Waals surface area contributed by atoms with Gasteiger partial charge in [0.05, 0.1) is 21.4 Å². The molecule has 0 aliphatic heterocycles. The van der Waals surface area contributed by atoms with Gasteiger partial charge in [0.2, 0.25) is 0 Å². The summed E-state index contributed by atoms with van der Waals surface area (Å²) in [7, 11) is 0. The van der Waals surface area contributed by atoms with E-state index < -0.39 is 12.1 Å². The van der Waals surface area contributed by atoms with Gasteiger partial charge in [0.25, 0.3) is 6.29 Å². The number of carbonyl (C=O) groups is 1. The second-order valence-electron chi connectivity index (χ2n) is 4.71. The van der Waals surface area contributed by atoms with Gasteiger partial charge in [-0.25, -0.2) is 9.07 Å². The van der Waals surface area contributed by atoms with Crippen LogP contribution in [-0.2, 0) is 9.53 Å². The Morgan fingerprint density at radius 2 is 2.09 bits per heavy atom. The van der Waals surface area contributed by atoms with E-state index in [1.807, 2.05) is 0 Å². The third kappa shape index (κ3) is 3.65. The molecule has 0 radical (unpaired) electrons. The number of nitrogens with zero attached hydrogens (tertiary/aromatic N) is 2. The maximum atomic E-state index is 14.3. The fourth-order valence-electron chi connectivity index (χ4n) is 2.02. The Morgan fingerprint density at radius 3 is 2.61 bits per heavy atom. The molecule has 0 amide bonds. The summed E-state index contributed by atoms with van der Waals surface area (Å²) in [5, 5.41) is 4.66. The van der Waals surface area contributed by atoms with Gasteiger partial charge in [0.1, 0.15) is 11.4 Å². The van der Waals surface area contributed by atoms with Crippen LogP contribution in [0, 0.1) is 19.7 Å². The highest BCUT2D eigenvalue weighted by molar-refractivity contribution is 6.32. The Balaban J connectivity index is 2.47. The molecule has 5 nitrogen and oxygen atoms in total. The molecule has 124 valence electrons. The number of rotatable bonds is 6. The Labute approximate surface area is 142 Å². The van der Waals surface area contributed by atoms with E-state index >= 15 is 0 Å². The van der Waals surface area contributed by atoms with Gasteiger partial charge in [-0.15, -0.1) is 0 Å². The third-order valence-corrected chi connectivity index (χ3v) is 3.96. The van der Waals surface area contributed by atoms with E-state index in [2.05, 4.69) is 5.10 Å². The number of aldehydes is 1. The van der Waals surface area contributed by atoms with Crippen molar-refractivity contribution < 1.29 is 18.7 Å². The van der Waals surface area contributed by atoms with Crippen molar-refractivity contribution in [1.82, 2.24) is 9.78 Å². The molecule has 0 N–H and O–H groups in total. The minimum atomic E-state index is -1.13. The van der Waals surface area contributed by atoms with E-state index in [4.69, 9.17) is 32.7 Å². The molecule has 0 aliphatic rings. The summed E-state index contributed by atoms with van der Waals surface area (Å²) in [5.74, 6) is -0.485. The molecule has 1 unspecified atom stereocenters. The molecule has 0 saturated heterocycles. The number of ether oxygens (including phenoxy) is 2. The Kier molecular flexibility index (Phi) is 5.62. The molecule has 0 saturated carbocycles. The molecular weight excluding hydrogens is 346 g/mol. The Bertz CT molecular complexity index is 734. The molecule has 2 aromatic rings. The molecule has 0 fully saturated rings. The molecule has 0 aliphatic carbocycles. The SMILES string of the molecule is CCOC(C=O)Oc1cc(-n2nc(C)c(Cl)c2C)c(F)cc1Cl. The van der Waals surface area contributed by atoms with Crippen molar-refractivity contribution >= 4 is 29.5 Å². The molecule has 2 rings (SSSR count). The second kappa shape index (κ2) is 7.29. The van der Waals surface area contributed by atoms with E-state index in [-0.39, 0.29) is 23.1 Å². The molecule has 1 aromatic carbocycles. The van der Waals surface area contributed by atoms with Crippen molar-refractivity contribution in [3.05, 3.63) is 39.4 Å². The first-order chi connectivity index (χ1) is 10.9. The fourth-order valence-corrected chi connectivity index (χ4v) is 2.33. The quantitative estimate of drug-likeness (QED) is 0.579. The lowest BCUT2D eigenvalue weighted by atomic mass is 10.2. The summed E-state index contributed by atoms with van der Waals surface area (Å²) < 4.78 is 26.1. The molecule has 0 spiro atoms. The molecule has 1 atom stereocenters. The highest BCUT2D eigenvalue weighted by Gasteiger charge is 2.19. The van der Waals surface area contributed by atoms with Gasteiger partial charge in [-0.05, 0) is 26.8 Å². The van der Waals surface area contributed by atoms with Gasteiger partial charge >= 0.3 is 0 Å². The smallest absolute Gasteiger partial charge is 0.256 e. The van der Waals surface area contributed by atoms with Crippen LogP contribution < -0.4 is 4.74 Å². The summed E-state index contributed by atoms with van der Waals surface area (Å²) in [6.45, 7) is 5.43. The largest absolute Gasteiger partial charge is 0.456 e. The van der Waals surface area contributed by atoms with Crippen LogP contribution in [0.3, 0.4) is 0 Å². The highest BCUT2D eigenvalue weighted by Crippen LogP contribution is 2.32. The van der Waals surface area contributed by atoms with Gasteiger partial charge in [0, 0.05) is 12.7 Å². The fraction of sp³-hybridized carbons (Fsp3) is 0.333. The standard InChI is InChI=1S/C15H15Cl2FN2O3/c1-4-22-14(7-21)23-13-6-12(11(18)5-10(13)16)20-9(3)15(17)8(2)19-20/h5-7,14H,4H2,1-3H3. The predicted octanol–water partition coefficient (Wildman–Crippen LogP) is 3.88. The van der Waals surface area contributed by atoms with Crippen LogP contribution >= 0.6 is 23.2 Å². The van der Waals surface area contributed by atoms with E-state index in [1.54, 1.807) is 20.8 Å². The van der Waals surface area contributed by atoms with Crippen molar-refractivity contribution in [3.8, 4) is 11.4 Å². The molecule has 8 heteroatoms. The molecule has 0 bridgehead atoms. The molecule has 23 heavy (non-hydrogen) atoms. The number of carbonyl (C=O) groups excluding carboxylic acids is 1. The van der Waals surface area contributed by atoms with Crippen LogP contribution in [0.1, 0.15) is 18.3 Å². The lowest BCUT2D eigenvalue weighted by Crippen LogP contribution is -2.22. The number of halogens is 3. The topological polar surface area (TPSA) is 53.4 Å². The van der Waals surface area contributed by atoms with Crippen LogP contribution in [0.25, 0.3) is 5.69 Å². The van der Waals surface area contributed by atoms with Crippen molar-refractivity contribution in [2.24, 2.45) is 0 Å². The number of aromatic nitrogens is 2. The van der Waals surface area contributed by atoms with Gasteiger partial charge in [-0.1, -0.05) is 23.2 Å². The second-order valence-corrected chi connectivity index (χ2v) is 5.49. The Hall–Kier alpha value is -1.63. The number of hydrogen-bond acceptors (Lipinski definition) is 4. The summed E-state index contributed by atoms with van der Waals surface area (Å²) in [5.41, 5.74) is 1.26. The first kappa shape index (κ1) is 17.7. The van der Waals surface area contributed by atoms with E-state index in [9.17, 15) is 9.18 Å². The van der Waals surface area contributed by atoms with Crippen LogP contribution in [0.2, 0.25) is 10.0 Å². The van der Waals surface area contributed by atoms with Gasteiger partial charge in [-0.3, -0.25) is 4.79 Å². The lowest BCUT2D eigenvalue weighted by Gasteiger charge is -2.16. The molecular formula is C15H15Cl2FN2O3. The average Bonchev–Trinajstić information content (AvgIpc) is 2.76. The molecule has 1 heterocycles. The minimum absolute atomic E-state index is 0.0189. The number of hydrogen-bond donors (Lipinski definition) is 0. The van der Waals surface area contributed by atoms with Crippen LogP contribution in [0.15, 0.2) is 12.1 Å². The van der Waals surface area contributed by atoms with Crippen molar-refractivity contribution in [3.63, 3.8) is 0 Å². The van der Waals surface area contributed by atoms with Crippen LogP contribution in [0.5, 0.6) is 5.75 Å². The van der Waals surface area contributed by atoms with E-state index in [1.165, 1.54) is 10.7 Å². The lowest BCUT2D eigenvalue weighted by molar-refractivity contribution is -0.136. The van der Waals surface area contributed by atoms with Gasteiger partial charge < -0.3 is 9.47 Å². The average molecular weight is 361 g/mol. The Morgan fingerprint density at radius 1 is 1.39 bits per heavy atom. The van der Waals surface area contributed by atoms with Gasteiger partial charge in [-0.2, -0.15) is 5.10 Å². The van der Waals surface area contributed by atoms with Crippen LogP contribution in [-0.4, -0.2) is 29.0 Å². The highest BCUT2D eigenvalue weighted by atomic mass is 35.5. The first-order valence-corrected chi connectivity index (χ1v) is 7.59. The predicted molar refractivity (Wildman–Crippen MR) is 85.1 cm³/mol. The summed E-state index contributed by atoms with van der Waals surface area (Å²) >= 11 is 12.1. The van der Waals surface area contributed by atoms with E-state index in [0.717, 1.165) is 6.07 Å². The minimum Gasteiger partial charge on any atom is -0.456 e. The van der Waals surface area contributed by atoms with E-state index in [0.29, 0.717) is 22.7 Å². The summed E-state index contributed by atoms with van der Waals surface area (Å²) in [4.78, 5) is 10.9. The maximum Gasteiger partial charge on any atom is 0.256 e. The zero-order valence-electron chi connectivity index (χ0n) is 12.8. The zero-order chi connectivity index (χ0) is 17.1.